The maximum absolute atomic E-state index is 11.9. The molecule has 3 rings (SSSR count). The van der Waals surface area contributed by atoms with Crippen LogP contribution >= 0.6 is 11.6 Å². The van der Waals surface area contributed by atoms with Crippen molar-refractivity contribution in [1.82, 2.24) is 14.3 Å². The molecule has 0 aliphatic rings. The van der Waals surface area contributed by atoms with Crippen LogP contribution < -0.4 is 4.72 Å². The minimum Gasteiger partial charge on any atom is -0.598 e. The quantitative estimate of drug-likeness (QED) is 0.674. The molecular weight excluding hydrogens is 368 g/mol. The fourth-order valence-corrected chi connectivity index (χ4v) is 3.70. The first kappa shape index (κ1) is 18.7. The number of pyridine rings is 1. The first-order valence-electron chi connectivity index (χ1n) is 8.18. The largest absolute Gasteiger partial charge is 0.598 e. The van der Waals surface area contributed by atoms with E-state index in [-0.39, 0.29) is 5.25 Å². The van der Waals surface area contributed by atoms with Gasteiger partial charge >= 0.3 is 0 Å². The van der Waals surface area contributed by atoms with Gasteiger partial charge in [0.05, 0.1) is 23.3 Å². The molecule has 1 unspecified atom stereocenters. The van der Waals surface area contributed by atoms with E-state index < -0.39 is 11.4 Å². The van der Waals surface area contributed by atoms with Crippen LogP contribution in [0.2, 0.25) is 5.02 Å². The highest BCUT2D eigenvalue weighted by Crippen LogP contribution is 2.33. The summed E-state index contributed by atoms with van der Waals surface area (Å²) < 4.78 is 16.9. The lowest BCUT2D eigenvalue weighted by Gasteiger charge is -2.14. The Morgan fingerprint density at radius 2 is 2.12 bits per heavy atom. The van der Waals surface area contributed by atoms with E-state index in [0.29, 0.717) is 17.1 Å². The van der Waals surface area contributed by atoms with E-state index in [1.807, 2.05) is 43.7 Å². The average molecular weight is 387 g/mol. The van der Waals surface area contributed by atoms with Crippen LogP contribution in [0.15, 0.2) is 36.7 Å². The second-order valence-electron chi connectivity index (χ2n) is 6.31. The summed E-state index contributed by atoms with van der Waals surface area (Å²) in [6.45, 7) is 4.25. The van der Waals surface area contributed by atoms with Gasteiger partial charge in [-0.05, 0) is 43.7 Å². The lowest BCUT2D eigenvalue weighted by atomic mass is 10.1. The fourth-order valence-electron chi connectivity index (χ4n) is 2.90. The summed E-state index contributed by atoms with van der Waals surface area (Å²) in [6.07, 6.45) is 3.47. The molecule has 0 spiro atoms. The van der Waals surface area contributed by atoms with Crippen molar-refractivity contribution in [1.29, 1.82) is 5.26 Å². The molecule has 0 aliphatic heterocycles. The molecule has 2 heterocycles. The monoisotopic (exact) mass is 386 g/mol. The summed E-state index contributed by atoms with van der Waals surface area (Å²) in [5.41, 5.74) is 4.03. The Morgan fingerprint density at radius 1 is 1.35 bits per heavy atom. The number of aryl methyl sites for hydroxylation is 1. The van der Waals surface area contributed by atoms with Crippen LogP contribution in [0, 0.1) is 11.3 Å². The van der Waals surface area contributed by atoms with Crippen molar-refractivity contribution < 1.29 is 4.55 Å². The van der Waals surface area contributed by atoms with Crippen molar-refractivity contribution in [3.63, 3.8) is 0 Å². The molecule has 3 aromatic rings. The zero-order valence-corrected chi connectivity index (χ0v) is 16.4. The number of hydrogen-bond acceptors (Lipinski definition) is 4. The number of nitriles is 1. The number of fused-ring (bicyclic) bond motifs is 1. The molecule has 134 valence electrons. The minimum atomic E-state index is -1.10. The van der Waals surface area contributed by atoms with Crippen LogP contribution in [0.4, 0.5) is 0 Å². The third-order valence-corrected chi connectivity index (χ3v) is 5.71. The summed E-state index contributed by atoms with van der Waals surface area (Å²) in [6, 6.07) is 9.78. The van der Waals surface area contributed by atoms with Crippen molar-refractivity contribution in [3.05, 3.63) is 52.8 Å². The summed E-state index contributed by atoms with van der Waals surface area (Å²) in [4.78, 5) is 4.30. The molecule has 2 aromatic heterocycles. The van der Waals surface area contributed by atoms with Crippen LogP contribution in [0.3, 0.4) is 0 Å². The van der Waals surface area contributed by atoms with Crippen molar-refractivity contribution in [3.8, 4) is 17.3 Å². The number of aromatic nitrogens is 2. The predicted octanol–water partition coefficient (Wildman–Crippen LogP) is 3.93. The highest BCUT2D eigenvalue weighted by atomic mass is 35.5. The van der Waals surface area contributed by atoms with Crippen LogP contribution in [0.1, 0.15) is 25.0 Å². The van der Waals surface area contributed by atoms with E-state index >= 15 is 0 Å². The molecule has 5 nitrogen and oxygen atoms in total. The Labute approximate surface area is 160 Å². The Kier molecular flexibility index (Phi) is 5.54. The van der Waals surface area contributed by atoms with E-state index in [1.54, 1.807) is 18.5 Å². The highest BCUT2D eigenvalue weighted by Gasteiger charge is 2.18. The third kappa shape index (κ3) is 3.57. The lowest BCUT2D eigenvalue weighted by molar-refractivity contribution is 0.571. The van der Waals surface area contributed by atoms with Crippen LogP contribution in [-0.2, 0) is 25.0 Å². The van der Waals surface area contributed by atoms with Crippen molar-refractivity contribution in [2.45, 2.75) is 25.6 Å². The summed E-state index contributed by atoms with van der Waals surface area (Å²) in [7, 11) is 1.91. The molecule has 1 atom stereocenters. The predicted molar refractivity (Wildman–Crippen MR) is 106 cm³/mol. The van der Waals surface area contributed by atoms with Crippen LogP contribution in [-0.4, -0.2) is 19.4 Å². The highest BCUT2D eigenvalue weighted by molar-refractivity contribution is 7.90. The van der Waals surface area contributed by atoms with Gasteiger partial charge in [-0.1, -0.05) is 11.6 Å². The molecule has 0 fully saturated rings. The summed E-state index contributed by atoms with van der Waals surface area (Å²) in [5, 5.41) is 11.2. The van der Waals surface area contributed by atoms with Gasteiger partial charge in [0.1, 0.15) is 11.3 Å². The smallest absolute Gasteiger partial charge is 0.129 e. The first-order chi connectivity index (χ1) is 12.4. The topological polar surface area (TPSA) is 76.7 Å². The fraction of sp³-hybridized carbons (Fsp3) is 0.263. The second-order valence-corrected chi connectivity index (χ2v) is 8.57. The van der Waals surface area contributed by atoms with E-state index in [9.17, 15) is 9.81 Å². The second kappa shape index (κ2) is 7.68. The van der Waals surface area contributed by atoms with E-state index in [1.165, 1.54) is 0 Å². The zero-order chi connectivity index (χ0) is 18.8. The molecule has 0 bridgehead atoms. The van der Waals surface area contributed by atoms with Crippen molar-refractivity contribution in [2.24, 2.45) is 7.05 Å². The van der Waals surface area contributed by atoms with Crippen LogP contribution in [0.25, 0.3) is 22.2 Å². The molecular formula is C19H19ClN4OS. The maximum atomic E-state index is 11.9. The molecule has 0 radical (unpaired) electrons. The normalized spacial score (nSPS) is 12.5. The van der Waals surface area contributed by atoms with Gasteiger partial charge in [0, 0.05) is 46.8 Å². The molecule has 1 N–H and O–H groups in total. The number of nitrogens with one attached hydrogen (secondary N) is 1. The van der Waals surface area contributed by atoms with Crippen molar-refractivity contribution in [2.75, 3.05) is 0 Å². The van der Waals surface area contributed by atoms with Gasteiger partial charge in [0.2, 0.25) is 0 Å². The van der Waals surface area contributed by atoms with Gasteiger partial charge < -0.3 is 9.12 Å². The number of benzene rings is 1. The third-order valence-electron chi connectivity index (χ3n) is 4.19. The molecule has 0 amide bonds. The molecule has 1 aromatic carbocycles. The van der Waals surface area contributed by atoms with E-state index in [4.69, 9.17) is 11.6 Å². The Hall–Kier alpha value is -2.04. The van der Waals surface area contributed by atoms with Gasteiger partial charge in [-0.25, -0.2) is 0 Å². The maximum Gasteiger partial charge on any atom is 0.129 e. The summed E-state index contributed by atoms with van der Waals surface area (Å²) >= 11 is 5.02. The van der Waals surface area contributed by atoms with Crippen molar-refractivity contribution >= 4 is 33.9 Å². The summed E-state index contributed by atoms with van der Waals surface area (Å²) in [5.74, 6) is 0. The number of rotatable bonds is 5. The van der Waals surface area contributed by atoms with Gasteiger partial charge in [0.15, 0.2) is 0 Å². The van der Waals surface area contributed by atoms with Gasteiger partial charge in [-0.3, -0.25) is 4.98 Å². The Balaban J connectivity index is 2.03. The standard InChI is InChI=1S/C19H19ClN4OS/c1-12(2)26(25)23-10-13-6-14(11-22-9-13)19-17(8-21)16-5-4-15(20)7-18(16)24(19)3/h4-7,9,11-12,23H,10H2,1-3H3. The number of halogens is 1. The van der Waals surface area contributed by atoms with Crippen LogP contribution in [0.5, 0.6) is 0 Å². The zero-order valence-electron chi connectivity index (χ0n) is 14.8. The SMILES string of the molecule is CC(C)[S+]([O-])NCc1cncc(-c2c(C#N)c3ccc(Cl)cc3n2C)c1. The van der Waals surface area contributed by atoms with Gasteiger partial charge in [0.25, 0.3) is 0 Å². The number of nitrogens with zero attached hydrogens (tertiary/aromatic N) is 3. The lowest BCUT2D eigenvalue weighted by Crippen LogP contribution is -2.30. The average Bonchev–Trinajstić information content (AvgIpc) is 2.91. The molecule has 0 saturated heterocycles. The Bertz CT molecular complexity index is 993. The Morgan fingerprint density at radius 3 is 2.81 bits per heavy atom. The molecule has 0 saturated carbocycles. The first-order valence-corrected chi connectivity index (χ1v) is 9.78. The van der Waals surface area contributed by atoms with E-state index in [0.717, 1.165) is 27.7 Å². The molecule has 0 aliphatic carbocycles. The van der Waals surface area contributed by atoms with E-state index in [2.05, 4.69) is 15.8 Å². The van der Waals surface area contributed by atoms with Gasteiger partial charge in [-0.15, -0.1) is 4.72 Å². The minimum absolute atomic E-state index is 0.0410. The molecule has 26 heavy (non-hydrogen) atoms. The molecule has 7 heteroatoms. The van der Waals surface area contributed by atoms with Gasteiger partial charge in [-0.2, -0.15) is 5.26 Å². The number of hydrogen-bond donors (Lipinski definition) is 1.